The fourth-order valence-electron chi connectivity index (χ4n) is 3.07. The molecule has 1 unspecified atom stereocenters. The minimum absolute atomic E-state index is 0.0876. The third-order valence-corrected chi connectivity index (χ3v) is 4.36. The van der Waals surface area contributed by atoms with Gasteiger partial charge in [-0.2, -0.15) is 0 Å². The minimum atomic E-state index is -0.639. The average Bonchev–Trinajstić information content (AvgIpc) is 2.98. The van der Waals surface area contributed by atoms with Crippen molar-refractivity contribution in [3.05, 3.63) is 70.5 Å². The number of hydrogen-bond donors (Lipinski definition) is 2. The van der Waals surface area contributed by atoms with Gasteiger partial charge in [0.15, 0.2) is 0 Å². The van der Waals surface area contributed by atoms with E-state index in [2.05, 4.69) is 10.3 Å². The van der Waals surface area contributed by atoms with Crippen molar-refractivity contribution < 1.29 is 5.11 Å². The molecule has 5 heteroatoms. The highest BCUT2D eigenvalue weighted by molar-refractivity contribution is 6.12. The average molecular weight is 319 g/mol. The van der Waals surface area contributed by atoms with E-state index in [1.54, 1.807) is 6.07 Å². The highest BCUT2D eigenvalue weighted by Crippen LogP contribution is 2.30. The van der Waals surface area contributed by atoms with Gasteiger partial charge in [-0.25, -0.2) is 4.98 Å². The van der Waals surface area contributed by atoms with E-state index in [1.165, 1.54) is 0 Å². The zero-order valence-corrected chi connectivity index (χ0v) is 13.2. The maximum atomic E-state index is 12.1. The number of aryl methyl sites for hydroxylation is 1. The van der Waals surface area contributed by atoms with Gasteiger partial charge in [0.1, 0.15) is 11.3 Å². The van der Waals surface area contributed by atoms with Gasteiger partial charge in [-0.3, -0.25) is 4.79 Å². The summed E-state index contributed by atoms with van der Waals surface area (Å²) in [5.74, 6) is 0.633. The molecule has 0 aliphatic heterocycles. The van der Waals surface area contributed by atoms with E-state index in [0.717, 1.165) is 21.9 Å². The Kier molecular flexibility index (Phi) is 3.43. The number of nitrogens with zero attached hydrogens (tertiary/aromatic N) is 2. The topological polar surface area (TPSA) is 67.2 Å². The van der Waals surface area contributed by atoms with Gasteiger partial charge in [-0.15, -0.1) is 0 Å². The van der Waals surface area contributed by atoms with Crippen LogP contribution >= 0.6 is 0 Å². The maximum absolute atomic E-state index is 12.1. The number of aliphatic hydroxyl groups excluding tert-OH is 1. The summed E-state index contributed by atoms with van der Waals surface area (Å²) in [5.41, 5.74) is 2.19. The first kappa shape index (κ1) is 14.7. The number of hydrogen-bond acceptors (Lipinski definition) is 4. The summed E-state index contributed by atoms with van der Waals surface area (Å²) in [7, 11) is 1.94. The Labute approximate surface area is 138 Å². The minimum Gasteiger partial charge on any atom is -0.387 e. The van der Waals surface area contributed by atoms with Crippen LogP contribution in [0.15, 0.2) is 59.5 Å². The first-order valence-electron chi connectivity index (χ1n) is 7.83. The second-order valence-electron chi connectivity index (χ2n) is 5.91. The third-order valence-electron chi connectivity index (χ3n) is 4.36. The van der Waals surface area contributed by atoms with Crippen molar-refractivity contribution in [1.29, 1.82) is 0 Å². The van der Waals surface area contributed by atoms with Gasteiger partial charge in [0.25, 0.3) is 0 Å². The Morgan fingerprint density at radius 1 is 1.17 bits per heavy atom. The molecule has 4 aromatic rings. The summed E-state index contributed by atoms with van der Waals surface area (Å²) in [6.45, 7) is 0.327. The SMILES string of the molecule is Cn1ccc2c(NCC(O)c3ccccc3)nc3c(=O)ccc1c23. The van der Waals surface area contributed by atoms with Crippen LogP contribution in [-0.4, -0.2) is 21.2 Å². The molecular formula is C19H17N3O2. The van der Waals surface area contributed by atoms with Crippen molar-refractivity contribution in [2.75, 3.05) is 11.9 Å². The summed E-state index contributed by atoms with van der Waals surface area (Å²) in [6.07, 6.45) is 1.31. The summed E-state index contributed by atoms with van der Waals surface area (Å²) < 4.78 is 1.97. The Morgan fingerprint density at radius 2 is 1.96 bits per heavy atom. The fourth-order valence-corrected chi connectivity index (χ4v) is 3.07. The molecule has 5 nitrogen and oxygen atoms in total. The first-order valence-corrected chi connectivity index (χ1v) is 7.83. The van der Waals surface area contributed by atoms with E-state index in [4.69, 9.17) is 0 Å². The quantitative estimate of drug-likeness (QED) is 0.607. The van der Waals surface area contributed by atoms with Crippen LogP contribution in [0.1, 0.15) is 11.7 Å². The normalized spacial score (nSPS) is 12.8. The second kappa shape index (κ2) is 5.62. The van der Waals surface area contributed by atoms with Gasteiger partial charge < -0.3 is 15.0 Å². The van der Waals surface area contributed by atoms with Gasteiger partial charge >= 0.3 is 0 Å². The third kappa shape index (κ3) is 2.30. The Morgan fingerprint density at radius 3 is 2.75 bits per heavy atom. The van der Waals surface area contributed by atoms with E-state index in [0.29, 0.717) is 17.9 Å². The summed E-state index contributed by atoms with van der Waals surface area (Å²) >= 11 is 0. The van der Waals surface area contributed by atoms with Crippen molar-refractivity contribution in [1.82, 2.24) is 9.55 Å². The number of nitrogens with one attached hydrogen (secondary N) is 1. The van der Waals surface area contributed by atoms with Crippen molar-refractivity contribution in [3.63, 3.8) is 0 Å². The molecule has 2 aromatic heterocycles. The van der Waals surface area contributed by atoms with Crippen LogP contribution in [0.4, 0.5) is 5.82 Å². The zero-order valence-electron chi connectivity index (χ0n) is 13.2. The second-order valence-corrected chi connectivity index (χ2v) is 5.91. The number of aromatic nitrogens is 2. The largest absolute Gasteiger partial charge is 0.387 e. The van der Waals surface area contributed by atoms with Crippen molar-refractivity contribution in [2.24, 2.45) is 7.05 Å². The lowest BCUT2D eigenvalue weighted by Crippen LogP contribution is -2.12. The number of pyridine rings is 1. The van der Waals surface area contributed by atoms with Gasteiger partial charge in [-0.1, -0.05) is 30.3 Å². The van der Waals surface area contributed by atoms with Crippen LogP contribution < -0.4 is 10.7 Å². The van der Waals surface area contributed by atoms with Crippen LogP contribution in [0.3, 0.4) is 0 Å². The van der Waals surface area contributed by atoms with Crippen molar-refractivity contribution >= 4 is 27.6 Å². The van der Waals surface area contributed by atoms with E-state index in [-0.39, 0.29) is 5.43 Å². The Bertz CT molecular complexity index is 1060. The molecule has 4 rings (SSSR count). The zero-order chi connectivity index (χ0) is 16.7. The predicted octanol–water partition coefficient (Wildman–Crippen LogP) is 2.67. The van der Waals surface area contributed by atoms with Crippen LogP contribution in [0, 0.1) is 0 Å². The van der Waals surface area contributed by atoms with Gasteiger partial charge in [0.2, 0.25) is 5.43 Å². The standard InChI is InChI=1S/C19H17N3O2/c1-22-10-9-13-17-14(22)7-8-15(23)18(17)21-19(13)20-11-16(24)12-5-3-2-4-6-12/h2-10,16,20,24H,11H2,1H3. The molecule has 0 fully saturated rings. The van der Waals surface area contributed by atoms with Crippen molar-refractivity contribution in [2.45, 2.75) is 6.10 Å². The van der Waals surface area contributed by atoms with Gasteiger partial charge in [-0.05, 0) is 23.8 Å². The molecule has 0 bridgehead atoms. The molecular weight excluding hydrogens is 302 g/mol. The molecule has 0 amide bonds. The molecule has 0 radical (unpaired) electrons. The maximum Gasteiger partial charge on any atom is 0.205 e. The summed E-state index contributed by atoms with van der Waals surface area (Å²) in [6, 6.07) is 14.8. The van der Waals surface area contributed by atoms with Gasteiger partial charge in [0.05, 0.1) is 11.6 Å². The Hall–Kier alpha value is -2.92. The van der Waals surface area contributed by atoms with E-state index >= 15 is 0 Å². The van der Waals surface area contributed by atoms with Gasteiger partial charge in [0, 0.05) is 30.6 Å². The van der Waals surface area contributed by atoms with E-state index < -0.39 is 6.10 Å². The molecule has 2 aromatic carbocycles. The smallest absolute Gasteiger partial charge is 0.205 e. The van der Waals surface area contributed by atoms with Crippen LogP contribution in [-0.2, 0) is 7.05 Å². The molecule has 0 spiro atoms. The molecule has 2 heterocycles. The highest BCUT2D eigenvalue weighted by Gasteiger charge is 2.16. The molecule has 24 heavy (non-hydrogen) atoms. The molecule has 0 aliphatic rings. The Balaban J connectivity index is 1.72. The molecule has 2 N–H and O–H groups in total. The number of rotatable bonds is 4. The molecule has 0 saturated carbocycles. The molecule has 0 saturated heterocycles. The summed E-state index contributed by atoms with van der Waals surface area (Å²) in [5, 5.41) is 15.3. The number of anilines is 1. The number of benzene rings is 2. The number of aliphatic hydroxyl groups is 1. The lowest BCUT2D eigenvalue weighted by atomic mass is 10.1. The predicted molar refractivity (Wildman–Crippen MR) is 95.6 cm³/mol. The van der Waals surface area contributed by atoms with Crippen LogP contribution in [0.5, 0.6) is 0 Å². The fraction of sp³-hybridized carbons (Fsp3) is 0.158. The lowest BCUT2D eigenvalue weighted by molar-refractivity contribution is 0.191. The summed E-state index contributed by atoms with van der Waals surface area (Å²) in [4.78, 5) is 16.6. The highest BCUT2D eigenvalue weighted by atomic mass is 16.3. The molecule has 1 atom stereocenters. The first-order chi connectivity index (χ1) is 11.6. The monoisotopic (exact) mass is 319 g/mol. The molecule has 120 valence electrons. The molecule has 0 aliphatic carbocycles. The van der Waals surface area contributed by atoms with E-state index in [1.807, 2.05) is 60.3 Å². The lowest BCUT2D eigenvalue weighted by Gasteiger charge is -2.12. The van der Waals surface area contributed by atoms with Crippen LogP contribution in [0.2, 0.25) is 0 Å². The van der Waals surface area contributed by atoms with E-state index in [9.17, 15) is 9.90 Å². The van der Waals surface area contributed by atoms with Crippen LogP contribution in [0.25, 0.3) is 21.8 Å². The van der Waals surface area contributed by atoms with Crippen molar-refractivity contribution in [3.8, 4) is 0 Å².